The van der Waals surface area contributed by atoms with Crippen LogP contribution in [0.1, 0.15) is 46.0 Å². The van der Waals surface area contributed by atoms with Gasteiger partial charge in [0.05, 0.1) is 4.75 Å². The molecule has 0 aromatic rings. The van der Waals surface area contributed by atoms with Gasteiger partial charge in [0.2, 0.25) is 0 Å². The number of sulfone groups is 1. The molecule has 1 heterocycles. The van der Waals surface area contributed by atoms with E-state index in [1.165, 1.54) is 45.0 Å². The lowest BCUT2D eigenvalue weighted by Crippen LogP contribution is -2.48. The van der Waals surface area contributed by atoms with Crippen LogP contribution in [0.15, 0.2) is 4.99 Å². The number of aliphatic imine (C=N–C) groups is 1. The molecule has 0 spiro atoms. The van der Waals surface area contributed by atoms with Crippen molar-refractivity contribution >= 4 is 15.8 Å². The molecule has 136 valence electrons. The van der Waals surface area contributed by atoms with Gasteiger partial charge in [0, 0.05) is 26.4 Å². The smallest absolute Gasteiger partial charge is 0.191 e. The van der Waals surface area contributed by atoms with Crippen LogP contribution in [0.25, 0.3) is 0 Å². The van der Waals surface area contributed by atoms with Gasteiger partial charge in [-0.05, 0) is 52.7 Å². The summed E-state index contributed by atoms with van der Waals surface area (Å²) in [4.78, 5) is 6.70. The zero-order valence-electron chi connectivity index (χ0n) is 15.2. The van der Waals surface area contributed by atoms with Crippen molar-refractivity contribution in [2.24, 2.45) is 4.99 Å². The minimum Gasteiger partial charge on any atom is -0.356 e. The quantitative estimate of drug-likeness (QED) is 0.412. The Hall–Kier alpha value is -0.820. The molecule has 0 aromatic heterocycles. The van der Waals surface area contributed by atoms with Crippen LogP contribution in [0.5, 0.6) is 0 Å². The molecular formula is C16H34N4O2S. The molecule has 7 heteroatoms. The van der Waals surface area contributed by atoms with Crippen molar-refractivity contribution in [2.45, 2.75) is 50.7 Å². The zero-order valence-corrected chi connectivity index (χ0v) is 16.0. The van der Waals surface area contributed by atoms with E-state index in [9.17, 15) is 8.42 Å². The predicted octanol–water partition coefficient (Wildman–Crippen LogP) is 1.24. The van der Waals surface area contributed by atoms with Crippen molar-refractivity contribution in [1.29, 1.82) is 0 Å². The lowest BCUT2D eigenvalue weighted by Gasteiger charge is -2.24. The maximum absolute atomic E-state index is 11.7. The van der Waals surface area contributed by atoms with Crippen molar-refractivity contribution in [1.82, 2.24) is 15.5 Å². The molecule has 0 bridgehead atoms. The lowest BCUT2D eigenvalue weighted by atomic mass is 10.2. The van der Waals surface area contributed by atoms with Crippen LogP contribution in [-0.2, 0) is 9.84 Å². The van der Waals surface area contributed by atoms with Crippen molar-refractivity contribution in [3.05, 3.63) is 0 Å². The van der Waals surface area contributed by atoms with Crippen molar-refractivity contribution < 1.29 is 8.42 Å². The van der Waals surface area contributed by atoms with Gasteiger partial charge < -0.3 is 15.5 Å². The van der Waals surface area contributed by atoms with Gasteiger partial charge in [-0.3, -0.25) is 4.99 Å². The summed E-state index contributed by atoms with van der Waals surface area (Å²) in [6.07, 6.45) is 7.69. The summed E-state index contributed by atoms with van der Waals surface area (Å²) in [6, 6.07) is 0. The Kier molecular flexibility index (Phi) is 8.33. The van der Waals surface area contributed by atoms with Crippen LogP contribution in [0.2, 0.25) is 0 Å². The fraction of sp³-hybridized carbons (Fsp3) is 0.938. The maximum atomic E-state index is 11.7. The number of nitrogens with one attached hydrogen (secondary N) is 2. The van der Waals surface area contributed by atoms with E-state index in [0.717, 1.165) is 19.5 Å². The third kappa shape index (κ3) is 7.52. The summed E-state index contributed by atoms with van der Waals surface area (Å²) in [5.41, 5.74) is 0. The summed E-state index contributed by atoms with van der Waals surface area (Å²) in [6.45, 7) is 8.18. The topological polar surface area (TPSA) is 73.8 Å². The monoisotopic (exact) mass is 346 g/mol. The number of guanidine groups is 1. The van der Waals surface area contributed by atoms with E-state index in [0.29, 0.717) is 12.5 Å². The standard InChI is InChI=1S/C16H34N4O2S/c1-16(2,23(4,21)22)14-19-15(17-3)18-10-9-13-20-11-7-5-6-8-12-20/h5-14H2,1-4H3,(H2,17,18,19). The molecule has 0 atom stereocenters. The van der Waals surface area contributed by atoms with Gasteiger partial charge in [0.1, 0.15) is 0 Å². The van der Waals surface area contributed by atoms with Crippen LogP contribution in [0, 0.1) is 0 Å². The molecule has 6 nitrogen and oxygen atoms in total. The predicted molar refractivity (Wildman–Crippen MR) is 97.8 cm³/mol. The summed E-state index contributed by atoms with van der Waals surface area (Å²) in [7, 11) is -1.40. The Balaban J connectivity index is 2.26. The highest BCUT2D eigenvalue weighted by atomic mass is 32.2. The van der Waals surface area contributed by atoms with Crippen molar-refractivity contribution in [3.63, 3.8) is 0 Å². The Morgan fingerprint density at radius 1 is 1.13 bits per heavy atom. The highest BCUT2D eigenvalue weighted by Gasteiger charge is 2.30. The SMILES string of the molecule is CN=C(NCCCN1CCCCCC1)NCC(C)(C)S(C)(=O)=O. The molecule has 0 radical (unpaired) electrons. The van der Waals surface area contributed by atoms with Crippen LogP contribution < -0.4 is 10.6 Å². The van der Waals surface area contributed by atoms with Crippen LogP contribution in [-0.4, -0.2) is 70.1 Å². The molecule has 1 fully saturated rings. The molecule has 1 rings (SSSR count). The van der Waals surface area contributed by atoms with E-state index in [1.807, 2.05) is 0 Å². The second kappa shape index (κ2) is 9.47. The average molecular weight is 347 g/mol. The maximum Gasteiger partial charge on any atom is 0.191 e. The van der Waals surface area contributed by atoms with Gasteiger partial charge in [-0.1, -0.05) is 12.8 Å². The van der Waals surface area contributed by atoms with Gasteiger partial charge in [-0.15, -0.1) is 0 Å². The zero-order chi connectivity index (χ0) is 17.3. The number of hydrogen-bond donors (Lipinski definition) is 2. The van der Waals surface area contributed by atoms with Crippen LogP contribution >= 0.6 is 0 Å². The van der Waals surface area contributed by atoms with Crippen molar-refractivity contribution in [3.8, 4) is 0 Å². The van der Waals surface area contributed by atoms with E-state index in [-0.39, 0.29) is 0 Å². The van der Waals surface area contributed by atoms with Gasteiger partial charge >= 0.3 is 0 Å². The first-order valence-electron chi connectivity index (χ1n) is 8.63. The van der Waals surface area contributed by atoms with E-state index in [2.05, 4.69) is 20.5 Å². The van der Waals surface area contributed by atoms with Gasteiger partial charge in [-0.25, -0.2) is 8.42 Å². The second-order valence-corrected chi connectivity index (χ2v) is 9.64. The molecule has 23 heavy (non-hydrogen) atoms. The average Bonchev–Trinajstić information content (AvgIpc) is 2.74. The van der Waals surface area contributed by atoms with E-state index in [1.54, 1.807) is 20.9 Å². The van der Waals surface area contributed by atoms with Crippen molar-refractivity contribution in [2.75, 3.05) is 46.0 Å². The summed E-state index contributed by atoms with van der Waals surface area (Å²) in [5, 5.41) is 6.38. The first-order chi connectivity index (χ1) is 10.8. The van der Waals surface area contributed by atoms with Gasteiger partial charge in [-0.2, -0.15) is 0 Å². The number of nitrogens with zero attached hydrogens (tertiary/aromatic N) is 2. The van der Waals surface area contributed by atoms with Gasteiger partial charge in [0.25, 0.3) is 0 Å². The van der Waals surface area contributed by atoms with E-state index < -0.39 is 14.6 Å². The minimum absolute atomic E-state index is 0.345. The lowest BCUT2D eigenvalue weighted by molar-refractivity contribution is 0.282. The summed E-state index contributed by atoms with van der Waals surface area (Å²) < 4.78 is 22.6. The van der Waals surface area contributed by atoms with Gasteiger partial charge in [0.15, 0.2) is 15.8 Å². The van der Waals surface area contributed by atoms with E-state index in [4.69, 9.17) is 0 Å². The number of rotatable bonds is 7. The number of hydrogen-bond acceptors (Lipinski definition) is 4. The van der Waals surface area contributed by atoms with E-state index >= 15 is 0 Å². The third-order valence-electron chi connectivity index (χ3n) is 4.55. The highest BCUT2D eigenvalue weighted by Crippen LogP contribution is 2.13. The first kappa shape index (κ1) is 20.2. The molecule has 0 unspecified atom stereocenters. The third-order valence-corrected chi connectivity index (χ3v) is 6.70. The second-order valence-electron chi connectivity index (χ2n) is 6.99. The molecule has 0 aliphatic carbocycles. The highest BCUT2D eigenvalue weighted by molar-refractivity contribution is 7.92. The first-order valence-corrected chi connectivity index (χ1v) is 10.5. The Morgan fingerprint density at radius 2 is 1.74 bits per heavy atom. The Morgan fingerprint density at radius 3 is 2.26 bits per heavy atom. The van der Waals surface area contributed by atoms with Crippen LogP contribution in [0.4, 0.5) is 0 Å². The Bertz CT molecular complexity index is 466. The molecule has 0 aromatic carbocycles. The summed E-state index contributed by atoms with van der Waals surface area (Å²) >= 11 is 0. The molecule has 0 amide bonds. The fourth-order valence-corrected chi connectivity index (χ4v) is 2.85. The molecular weight excluding hydrogens is 312 g/mol. The fourth-order valence-electron chi connectivity index (χ4n) is 2.52. The Labute approximate surface area is 142 Å². The molecule has 1 saturated heterocycles. The molecule has 0 saturated carbocycles. The molecule has 2 N–H and O–H groups in total. The minimum atomic E-state index is -3.10. The molecule has 1 aliphatic heterocycles. The number of likely N-dealkylation sites (tertiary alicyclic amines) is 1. The van der Waals surface area contributed by atoms with Crippen LogP contribution in [0.3, 0.4) is 0 Å². The molecule has 1 aliphatic rings. The largest absolute Gasteiger partial charge is 0.356 e. The normalized spacial score (nSPS) is 18.5. The summed E-state index contributed by atoms with van der Waals surface area (Å²) in [5.74, 6) is 0.664.